The number of hydrogen-bond acceptors (Lipinski definition) is 4. The smallest absolute Gasteiger partial charge is 0.329 e. The molecule has 5 nitrogen and oxygen atoms in total. The minimum Gasteiger partial charge on any atom is -0.329 e. The molecule has 0 atom stereocenters. The summed E-state index contributed by atoms with van der Waals surface area (Å²) in [6.45, 7) is 0. The number of aromatic nitrogens is 3. The van der Waals surface area contributed by atoms with E-state index in [9.17, 15) is 22.4 Å². The fourth-order valence-corrected chi connectivity index (χ4v) is 1.08. The highest BCUT2D eigenvalue weighted by Crippen LogP contribution is 2.29. The van der Waals surface area contributed by atoms with Crippen molar-refractivity contribution in [3.05, 3.63) is 34.3 Å². The molecule has 0 aromatic carbocycles. The van der Waals surface area contributed by atoms with Crippen molar-refractivity contribution in [2.45, 2.75) is 6.18 Å². The highest BCUT2D eigenvalue weighted by atomic mass is 19.4. The van der Waals surface area contributed by atoms with Crippen molar-refractivity contribution in [3.8, 4) is 11.4 Å². The highest BCUT2D eigenvalue weighted by molar-refractivity contribution is 5.53. The summed E-state index contributed by atoms with van der Waals surface area (Å²) in [6, 6.07) is 1.03. The SMILES string of the molecule is O=c1[nH]ccc(-c2noc(C(F)(F)F)n2)c1F. The van der Waals surface area contributed by atoms with Gasteiger partial charge in [-0.2, -0.15) is 18.2 Å². The molecule has 2 aromatic heterocycles. The summed E-state index contributed by atoms with van der Waals surface area (Å²) >= 11 is 0. The minimum atomic E-state index is -4.82. The largest absolute Gasteiger partial charge is 0.471 e. The average molecular weight is 249 g/mol. The second-order valence-electron chi connectivity index (χ2n) is 2.96. The van der Waals surface area contributed by atoms with E-state index in [-0.39, 0.29) is 0 Å². The Balaban J connectivity index is 2.52. The Hall–Kier alpha value is -2.19. The molecule has 0 aliphatic heterocycles. The van der Waals surface area contributed by atoms with Crippen molar-refractivity contribution in [2.24, 2.45) is 0 Å². The van der Waals surface area contributed by atoms with Gasteiger partial charge < -0.3 is 9.51 Å². The molecule has 0 spiro atoms. The summed E-state index contributed by atoms with van der Waals surface area (Å²) in [5.74, 6) is -3.52. The molecule has 0 aliphatic rings. The zero-order valence-corrected chi connectivity index (χ0v) is 7.88. The zero-order valence-electron chi connectivity index (χ0n) is 7.88. The van der Waals surface area contributed by atoms with Crippen LogP contribution in [0.2, 0.25) is 0 Å². The highest BCUT2D eigenvalue weighted by Gasteiger charge is 2.38. The van der Waals surface area contributed by atoms with Gasteiger partial charge in [0.15, 0.2) is 5.82 Å². The fraction of sp³-hybridized carbons (Fsp3) is 0.125. The van der Waals surface area contributed by atoms with Crippen LogP contribution in [0.4, 0.5) is 17.6 Å². The minimum absolute atomic E-state index is 0.465. The van der Waals surface area contributed by atoms with E-state index in [4.69, 9.17) is 0 Å². The van der Waals surface area contributed by atoms with E-state index < -0.39 is 34.8 Å². The lowest BCUT2D eigenvalue weighted by atomic mass is 10.2. The third kappa shape index (κ3) is 2.03. The Kier molecular flexibility index (Phi) is 2.45. The van der Waals surface area contributed by atoms with E-state index in [1.165, 1.54) is 0 Å². The quantitative estimate of drug-likeness (QED) is 0.779. The molecule has 2 heterocycles. The molecule has 0 bridgehead atoms. The number of nitrogens with zero attached hydrogens (tertiary/aromatic N) is 2. The van der Waals surface area contributed by atoms with Crippen molar-refractivity contribution < 1.29 is 22.1 Å². The van der Waals surface area contributed by atoms with E-state index in [1.807, 2.05) is 4.98 Å². The number of halogens is 4. The molecule has 2 aromatic rings. The van der Waals surface area contributed by atoms with Crippen LogP contribution in [0.5, 0.6) is 0 Å². The van der Waals surface area contributed by atoms with E-state index >= 15 is 0 Å². The van der Waals surface area contributed by atoms with Gasteiger partial charge in [0.25, 0.3) is 5.56 Å². The first-order valence-electron chi connectivity index (χ1n) is 4.18. The maximum Gasteiger partial charge on any atom is 0.471 e. The van der Waals surface area contributed by atoms with Gasteiger partial charge in [0, 0.05) is 6.20 Å². The Bertz CT molecular complexity index is 601. The first-order valence-corrected chi connectivity index (χ1v) is 4.18. The van der Waals surface area contributed by atoms with Crippen LogP contribution in [0.15, 0.2) is 21.6 Å². The molecule has 2 rings (SSSR count). The summed E-state index contributed by atoms with van der Waals surface area (Å²) in [5.41, 5.74) is -1.55. The number of H-pyrrole nitrogens is 1. The molecule has 0 aliphatic carbocycles. The van der Waals surface area contributed by atoms with Crippen LogP contribution < -0.4 is 5.56 Å². The van der Waals surface area contributed by atoms with Gasteiger partial charge in [-0.15, -0.1) is 0 Å². The van der Waals surface area contributed by atoms with Gasteiger partial charge in [-0.3, -0.25) is 4.79 Å². The number of nitrogens with one attached hydrogen (secondary N) is 1. The summed E-state index contributed by atoms with van der Waals surface area (Å²) in [7, 11) is 0. The maximum atomic E-state index is 13.2. The van der Waals surface area contributed by atoms with E-state index in [0.29, 0.717) is 0 Å². The predicted molar refractivity (Wildman–Crippen MR) is 45.3 cm³/mol. The fourth-order valence-electron chi connectivity index (χ4n) is 1.08. The molecular weight excluding hydrogens is 246 g/mol. The monoisotopic (exact) mass is 249 g/mol. The number of aromatic amines is 1. The van der Waals surface area contributed by atoms with Crippen molar-refractivity contribution >= 4 is 0 Å². The first kappa shape index (κ1) is 11.3. The lowest BCUT2D eigenvalue weighted by Gasteiger charge is -1.96. The second kappa shape index (κ2) is 3.68. The lowest BCUT2D eigenvalue weighted by Crippen LogP contribution is -2.11. The van der Waals surface area contributed by atoms with Gasteiger partial charge in [-0.25, -0.2) is 4.39 Å². The summed E-state index contributed by atoms with van der Waals surface area (Å²) < 4.78 is 53.6. The Morgan fingerprint density at radius 1 is 1.35 bits per heavy atom. The average Bonchev–Trinajstić information content (AvgIpc) is 2.70. The van der Waals surface area contributed by atoms with Gasteiger partial charge in [-0.1, -0.05) is 5.16 Å². The molecular formula is C8H3F4N3O2. The van der Waals surface area contributed by atoms with Crippen molar-refractivity contribution in [2.75, 3.05) is 0 Å². The van der Waals surface area contributed by atoms with E-state index in [2.05, 4.69) is 14.7 Å². The van der Waals surface area contributed by atoms with Crippen molar-refractivity contribution in [1.29, 1.82) is 0 Å². The van der Waals surface area contributed by atoms with Crippen molar-refractivity contribution in [3.63, 3.8) is 0 Å². The van der Waals surface area contributed by atoms with Gasteiger partial charge in [0.1, 0.15) is 0 Å². The van der Waals surface area contributed by atoms with Crippen molar-refractivity contribution in [1.82, 2.24) is 15.1 Å². The van der Waals surface area contributed by atoms with Gasteiger partial charge in [0.2, 0.25) is 5.82 Å². The third-order valence-electron chi connectivity index (χ3n) is 1.81. The standard InChI is InChI=1S/C8H3F4N3O2/c9-4-3(1-2-13-6(4)16)5-14-7(17-15-5)8(10,11)12/h1-2H,(H,13,16). The molecule has 0 fully saturated rings. The Morgan fingerprint density at radius 3 is 2.65 bits per heavy atom. The summed E-state index contributed by atoms with van der Waals surface area (Å²) in [5, 5.41) is 2.96. The van der Waals surface area contributed by atoms with Gasteiger partial charge >= 0.3 is 12.1 Å². The Labute approximate surface area is 90.1 Å². The van der Waals surface area contributed by atoms with Gasteiger partial charge in [-0.05, 0) is 6.07 Å². The molecule has 90 valence electrons. The Morgan fingerprint density at radius 2 is 2.06 bits per heavy atom. The van der Waals surface area contributed by atoms with E-state index in [0.717, 1.165) is 12.3 Å². The number of pyridine rings is 1. The normalized spacial score (nSPS) is 11.8. The zero-order chi connectivity index (χ0) is 12.6. The third-order valence-corrected chi connectivity index (χ3v) is 1.81. The molecule has 9 heteroatoms. The number of rotatable bonds is 1. The van der Waals surface area contributed by atoms with Crippen LogP contribution in [-0.4, -0.2) is 15.1 Å². The van der Waals surface area contributed by atoms with Gasteiger partial charge in [0.05, 0.1) is 5.56 Å². The molecule has 17 heavy (non-hydrogen) atoms. The number of alkyl halides is 3. The second-order valence-corrected chi connectivity index (χ2v) is 2.96. The molecule has 0 amide bonds. The maximum absolute atomic E-state index is 13.2. The summed E-state index contributed by atoms with van der Waals surface area (Å²) in [6.07, 6.45) is -3.76. The van der Waals surface area contributed by atoms with Crippen LogP contribution in [-0.2, 0) is 6.18 Å². The topological polar surface area (TPSA) is 71.8 Å². The van der Waals surface area contributed by atoms with E-state index in [1.54, 1.807) is 0 Å². The van der Waals surface area contributed by atoms with Crippen LogP contribution >= 0.6 is 0 Å². The first-order chi connectivity index (χ1) is 7.89. The predicted octanol–water partition coefficient (Wildman–Crippen LogP) is 1.58. The molecule has 1 N–H and O–H groups in total. The molecule has 0 saturated heterocycles. The van der Waals surface area contributed by atoms with Crippen LogP contribution in [0.3, 0.4) is 0 Å². The molecule has 0 unspecified atom stereocenters. The van der Waals surface area contributed by atoms with Crippen LogP contribution in [0.1, 0.15) is 5.89 Å². The lowest BCUT2D eigenvalue weighted by molar-refractivity contribution is -0.159. The van der Waals surface area contributed by atoms with Crippen LogP contribution in [0.25, 0.3) is 11.4 Å². The molecule has 0 radical (unpaired) electrons. The number of hydrogen-bond donors (Lipinski definition) is 1. The van der Waals surface area contributed by atoms with Crippen LogP contribution in [0, 0.1) is 5.82 Å². The molecule has 0 saturated carbocycles. The summed E-state index contributed by atoms with van der Waals surface area (Å²) in [4.78, 5) is 15.8.